The molecule has 1 aromatic carbocycles. The van der Waals surface area contributed by atoms with Crippen LogP contribution >= 0.6 is 0 Å². The van der Waals surface area contributed by atoms with E-state index in [-0.39, 0.29) is 11.5 Å². The molecule has 1 amide bonds. The molecule has 5 rings (SSSR count). The van der Waals surface area contributed by atoms with Gasteiger partial charge in [-0.2, -0.15) is 0 Å². The summed E-state index contributed by atoms with van der Waals surface area (Å²) in [6.07, 6.45) is 4.24. The van der Waals surface area contributed by atoms with Crippen LogP contribution in [-0.2, 0) is 21.4 Å². The van der Waals surface area contributed by atoms with Crippen LogP contribution in [-0.4, -0.2) is 76.5 Å². The predicted molar refractivity (Wildman–Crippen MR) is 109 cm³/mol. The van der Waals surface area contributed by atoms with Crippen molar-refractivity contribution in [3.05, 3.63) is 41.0 Å². The Bertz CT molecular complexity index is 990. The van der Waals surface area contributed by atoms with E-state index >= 15 is 0 Å². The number of nitrogens with zero attached hydrogens (tertiary/aromatic N) is 1. The number of carboxylic acid groups (broad SMARTS) is 2. The van der Waals surface area contributed by atoms with Gasteiger partial charge in [0.2, 0.25) is 0 Å². The Morgan fingerprint density at radius 2 is 1.87 bits per heavy atom. The average molecular weight is 431 g/mol. The van der Waals surface area contributed by atoms with Crippen molar-refractivity contribution in [2.45, 2.75) is 42.9 Å². The zero-order chi connectivity index (χ0) is 22.7. The smallest absolute Gasteiger partial charge is 0.314 e. The maximum atomic E-state index is 11.9. The molecule has 166 valence electrons. The van der Waals surface area contributed by atoms with Gasteiger partial charge >= 0.3 is 11.9 Å². The van der Waals surface area contributed by atoms with E-state index < -0.39 is 30.4 Å². The summed E-state index contributed by atoms with van der Waals surface area (Å²) in [5, 5.41) is 26.0. The van der Waals surface area contributed by atoms with Crippen LogP contribution in [0.3, 0.4) is 0 Å². The van der Waals surface area contributed by atoms with Gasteiger partial charge in [-0.25, -0.2) is 0 Å². The lowest BCUT2D eigenvalue weighted by atomic mass is 9.52. The molecule has 5 atom stereocenters. The van der Waals surface area contributed by atoms with Crippen LogP contribution in [0.15, 0.2) is 24.3 Å². The summed E-state index contributed by atoms with van der Waals surface area (Å²) in [7, 11) is 4.59. The van der Waals surface area contributed by atoms with Crippen LogP contribution in [0, 0.1) is 5.92 Å². The fourth-order valence-corrected chi connectivity index (χ4v) is 5.94. The molecule has 4 aliphatic rings. The van der Waals surface area contributed by atoms with Crippen molar-refractivity contribution in [2.75, 3.05) is 20.6 Å². The molecule has 0 saturated carbocycles. The van der Waals surface area contributed by atoms with Crippen LogP contribution in [0.2, 0.25) is 0 Å². The topological polar surface area (TPSA) is 147 Å². The Labute approximate surface area is 179 Å². The van der Waals surface area contributed by atoms with Gasteiger partial charge in [0.1, 0.15) is 30.4 Å². The number of benzene rings is 1. The van der Waals surface area contributed by atoms with Crippen molar-refractivity contribution in [1.82, 2.24) is 0 Å². The first-order valence-electron chi connectivity index (χ1n) is 10.2. The van der Waals surface area contributed by atoms with Gasteiger partial charge in [-0.15, -0.1) is 0 Å². The second-order valence-electron chi connectivity index (χ2n) is 9.31. The van der Waals surface area contributed by atoms with Crippen molar-refractivity contribution in [3.63, 3.8) is 0 Å². The predicted octanol–water partition coefficient (Wildman–Crippen LogP) is 0.282. The second kappa shape index (κ2) is 7.06. The first kappa shape index (κ1) is 21.3. The van der Waals surface area contributed by atoms with Crippen LogP contribution < -0.4 is 10.5 Å². The van der Waals surface area contributed by atoms with Crippen LogP contribution in [0.4, 0.5) is 0 Å². The molecule has 2 bridgehead atoms. The normalized spacial score (nSPS) is 32.7. The number of hydrogen-bond donors (Lipinski definition) is 4. The van der Waals surface area contributed by atoms with Gasteiger partial charge in [-0.1, -0.05) is 18.2 Å². The first-order valence-corrected chi connectivity index (χ1v) is 10.2. The highest BCUT2D eigenvalue weighted by Crippen LogP contribution is 2.62. The fourth-order valence-electron chi connectivity index (χ4n) is 5.94. The molecule has 31 heavy (non-hydrogen) atoms. The second-order valence-corrected chi connectivity index (χ2v) is 9.31. The number of likely N-dealkylation sites (tertiary alicyclic amines) is 1. The quantitative estimate of drug-likeness (QED) is 0.305. The Kier molecular flexibility index (Phi) is 4.86. The molecule has 9 nitrogen and oxygen atoms in total. The Morgan fingerprint density at radius 1 is 1.19 bits per heavy atom. The Morgan fingerprint density at radius 3 is 2.45 bits per heavy atom. The molecule has 2 aliphatic heterocycles. The Hall–Kier alpha value is -2.91. The van der Waals surface area contributed by atoms with Crippen LogP contribution in [0.5, 0.6) is 5.75 Å². The number of ether oxygens (including phenoxy) is 1. The lowest BCUT2D eigenvalue weighted by Gasteiger charge is -2.58. The maximum Gasteiger partial charge on any atom is 0.314 e. The minimum Gasteiger partial charge on any atom is -0.485 e. The van der Waals surface area contributed by atoms with Gasteiger partial charge in [-0.05, 0) is 11.6 Å². The van der Waals surface area contributed by atoms with Crippen molar-refractivity contribution < 1.29 is 38.9 Å². The molecule has 2 heterocycles. The zero-order valence-electron chi connectivity index (χ0n) is 17.4. The highest BCUT2D eigenvalue weighted by atomic mass is 16.5. The monoisotopic (exact) mass is 431 g/mol. The van der Waals surface area contributed by atoms with Gasteiger partial charge in [-0.3, -0.25) is 14.4 Å². The molecule has 1 saturated heterocycles. The number of rotatable bonds is 3. The lowest BCUT2D eigenvalue weighted by Crippen LogP contribution is -2.70. The number of aliphatic hydroxyl groups excluding tert-OH is 1. The van der Waals surface area contributed by atoms with Crippen LogP contribution in [0.25, 0.3) is 0 Å². The molecule has 9 heteroatoms. The van der Waals surface area contributed by atoms with Crippen molar-refractivity contribution in [1.29, 1.82) is 0 Å². The summed E-state index contributed by atoms with van der Waals surface area (Å²) >= 11 is 0. The van der Waals surface area contributed by atoms with E-state index in [1.807, 2.05) is 12.1 Å². The number of aliphatic hydroxyl groups is 1. The highest BCUT2D eigenvalue weighted by molar-refractivity contribution is 5.97. The van der Waals surface area contributed by atoms with Gasteiger partial charge in [0.05, 0.1) is 31.6 Å². The summed E-state index contributed by atoms with van der Waals surface area (Å²) < 4.78 is 7.22. The Balaban J connectivity index is 0.000000289. The molecule has 2 aliphatic carbocycles. The molecule has 1 aromatic rings. The molecule has 1 spiro atoms. The molecule has 0 aromatic heterocycles. The number of nitrogens with two attached hydrogens (primary N) is 1. The number of carbonyl (C=O) groups excluding carboxylic acids is 1. The van der Waals surface area contributed by atoms with E-state index in [9.17, 15) is 19.5 Å². The number of amides is 1. The van der Waals surface area contributed by atoms with Crippen molar-refractivity contribution in [2.24, 2.45) is 11.7 Å². The van der Waals surface area contributed by atoms with Gasteiger partial charge in [0, 0.05) is 24.3 Å². The van der Waals surface area contributed by atoms with Crippen molar-refractivity contribution >= 4 is 17.8 Å². The molecular weight excluding hydrogens is 404 g/mol. The van der Waals surface area contributed by atoms with Gasteiger partial charge < -0.3 is 30.3 Å². The number of likely N-dealkylation sites (N-methyl/N-ethyl adjacent to an activating group) is 1. The molecule has 5 N–H and O–H groups in total. The van der Waals surface area contributed by atoms with Crippen molar-refractivity contribution in [3.8, 4) is 5.75 Å². The largest absolute Gasteiger partial charge is 0.485 e. The minimum absolute atomic E-state index is 0.221. The number of piperidine rings is 1. The van der Waals surface area contributed by atoms with E-state index in [4.69, 9.17) is 20.7 Å². The van der Waals surface area contributed by atoms with E-state index in [1.165, 1.54) is 5.56 Å². The molecule has 3 unspecified atom stereocenters. The summed E-state index contributed by atoms with van der Waals surface area (Å²) in [5.74, 6) is -2.13. The summed E-state index contributed by atoms with van der Waals surface area (Å²) in [5.41, 5.74) is 8.21. The van der Waals surface area contributed by atoms with E-state index in [0.717, 1.165) is 29.4 Å². The van der Waals surface area contributed by atoms with E-state index in [0.29, 0.717) is 23.3 Å². The summed E-state index contributed by atoms with van der Waals surface area (Å²) in [4.78, 5) is 30.8. The first-order chi connectivity index (χ1) is 14.5. The lowest BCUT2D eigenvalue weighted by molar-refractivity contribution is -0.926. The third-order valence-electron chi connectivity index (χ3n) is 7.29. The summed E-state index contributed by atoms with van der Waals surface area (Å²) in [6, 6.07) is 4.30. The third kappa shape index (κ3) is 3.11. The molecule has 0 radical (unpaired) electrons. The SMILES string of the molecule is C[N+]1(C)CC[C@]23c4c5ccc(C(N)=O)c4OC2C(O)C=CC3[C@H]1C5.O=C(O)CC(=O)O. The number of carbonyl (C=O) groups is 3. The maximum absolute atomic E-state index is 11.9. The number of primary amides is 1. The number of carboxylic acids is 2. The number of aliphatic carboxylic acids is 2. The van der Waals surface area contributed by atoms with E-state index in [1.54, 1.807) is 6.07 Å². The van der Waals surface area contributed by atoms with Gasteiger partial charge in [0.25, 0.3) is 5.91 Å². The number of hydrogen-bond acceptors (Lipinski definition) is 5. The number of quaternary nitrogens is 1. The highest BCUT2D eigenvalue weighted by Gasteiger charge is 2.67. The van der Waals surface area contributed by atoms with E-state index in [2.05, 4.69) is 20.2 Å². The third-order valence-corrected chi connectivity index (χ3v) is 7.29. The molecule has 1 fully saturated rings. The summed E-state index contributed by atoms with van der Waals surface area (Å²) in [6.45, 7) is 1.04. The fraction of sp³-hybridized carbons (Fsp3) is 0.500. The molecular formula is C22H27N2O7+. The van der Waals surface area contributed by atoms with Crippen LogP contribution in [0.1, 0.15) is 34.3 Å². The average Bonchev–Trinajstić information content (AvgIpc) is 3.01. The van der Waals surface area contributed by atoms with Gasteiger partial charge in [0.15, 0.2) is 0 Å². The minimum atomic E-state index is -1.31. The zero-order valence-corrected chi connectivity index (χ0v) is 17.4. The standard InChI is InChI=1S/C19H22N2O3.C3H4O4/c1-21(2)8-7-19-12-5-6-14(22)17(19)24-16-11(18(20)23)4-3-10(15(16)19)9-13(12)21;4-2(5)1-3(6)7/h3-6,12-14,17,22H,7-9H2,1-2H3,(H-,20,23);1H2,(H,4,5)(H,6,7)/p+1/t12?,13-,14?,17?,19+;/m1./s1.